The molecule has 2 rings (SSSR count). The third-order valence-electron chi connectivity index (χ3n) is 3.99. The summed E-state index contributed by atoms with van der Waals surface area (Å²) in [6.07, 6.45) is 1.71. The summed E-state index contributed by atoms with van der Waals surface area (Å²) < 4.78 is 19.5. The Kier molecular flexibility index (Phi) is 6.59. The molecule has 0 aliphatic rings. The number of fused-ring (bicyclic) bond motifs is 1. The van der Waals surface area contributed by atoms with Crippen molar-refractivity contribution in [2.24, 2.45) is 0 Å². The lowest BCUT2D eigenvalue weighted by atomic mass is 9.97. The molecule has 0 saturated heterocycles. The van der Waals surface area contributed by atoms with Crippen LogP contribution in [0.15, 0.2) is 66.7 Å². The maximum absolute atomic E-state index is 14.3. The van der Waals surface area contributed by atoms with Crippen molar-refractivity contribution in [3.05, 3.63) is 77.8 Å². The number of carboxylic acids is 1. The summed E-state index contributed by atoms with van der Waals surface area (Å²) in [4.78, 5) is 23.3. The molecule has 0 saturated carbocycles. The number of benzene rings is 2. The summed E-state index contributed by atoms with van der Waals surface area (Å²) in [5.41, 5.74) is 0.824. The molecule has 5 nitrogen and oxygen atoms in total. The zero-order chi connectivity index (χ0) is 21.8. The van der Waals surface area contributed by atoms with Gasteiger partial charge >= 0.3 is 12.1 Å². The number of alkyl carbamates (subject to hydrolysis) is 1. The summed E-state index contributed by atoms with van der Waals surface area (Å²) in [6, 6.07) is 10.2. The van der Waals surface area contributed by atoms with Gasteiger partial charge in [0.25, 0.3) is 0 Å². The molecule has 1 amide bonds. The molecule has 0 aliphatic carbocycles. The number of hydrogen-bond acceptors (Lipinski definition) is 3. The second kappa shape index (κ2) is 8.73. The number of hydrogen-bond donors (Lipinski definition) is 2. The van der Waals surface area contributed by atoms with Gasteiger partial charge in [-0.1, -0.05) is 30.8 Å². The molecule has 0 aromatic heterocycles. The summed E-state index contributed by atoms with van der Waals surface area (Å²) in [5.74, 6) is -1.71. The number of carbonyl (C=O) groups excluding carboxylic acids is 1. The molecular formula is C23H24FNO4. The van der Waals surface area contributed by atoms with Crippen molar-refractivity contribution in [2.45, 2.75) is 33.3 Å². The number of carbonyl (C=O) groups is 2. The first-order valence-electron chi connectivity index (χ1n) is 8.99. The molecule has 2 N–H and O–H groups in total. The number of allylic oxidation sites excluding steroid dienone is 4. The molecule has 6 heteroatoms. The normalized spacial score (nSPS) is 12.9. The lowest BCUT2D eigenvalue weighted by Gasteiger charge is -2.20. The van der Waals surface area contributed by atoms with E-state index >= 15 is 0 Å². The van der Waals surface area contributed by atoms with E-state index in [1.807, 2.05) is 6.07 Å². The van der Waals surface area contributed by atoms with Gasteiger partial charge in [-0.3, -0.25) is 5.32 Å². The van der Waals surface area contributed by atoms with Gasteiger partial charge in [-0.25, -0.2) is 14.0 Å². The van der Waals surface area contributed by atoms with E-state index < -0.39 is 23.5 Å². The van der Waals surface area contributed by atoms with Gasteiger partial charge in [-0.05, 0) is 73.9 Å². The number of carboxylic acid groups (broad SMARTS) is 1. The van der Waals surface area contributed by atoms with E-state index in [1.165, 1.54) is 12.1 Å². The van der Waals surface area contributed by atoms with Gasteiger partial charge in [0.1, 0.15) is 11.4 Å². The molecule has 0 spiro atoms. The number of halogens is 1. The molecule has 0 unspecified atom stereocenters. The molecule has 0 atom stereocenters. The number of rotatable bonds is 5. The highest BCUT2D eigenvalue weighted by atomic mass is 19.1. The zero-order valence-electron chi connectivity index (χ0n) is 16.9. The minimum absolute atomic E-state index is 0.0779. The van der Waals surface area contributed by atoms with Crippen LogP contribution in [0.3, 0.4) is 0 Å². The van der Waals surface area contributed by atoms with Crippen molar-refractivity contribution >= 4 is 28.4 Å². The lowest BCUT2D eigenvalue weighted by Crippen LogP contribution is -2.32. The second-order valence-corrected chi connectivity index (χ2v) is 7.47. The average molecular weight is 397 g/mol. The van der Waals surface area contributed by atoms with E-state index in [1.54, 1.807) is 52.0 Å². The van der Waals surface area contributed by atoms with Crippen LogP contribution in [0, 0.1) is 0 Å². The molecule has 152 valence electrons. The van der Waals surface area contributed by atoms with E-state index in [2.05, 4.69) is 11.9 Å². The molecule has 0 bridgehead atoms. The zero-order valence-corrected chi connectivity index (χ0v) is 16.9. The molecule has 29 heavy (non-hydrogen) atoms. The topological polar surface area (TPSA) is 75.6 Å². The highest BCUT2D eigenvalue weighted by Crippen LogP contribution is 2.27. The van der Waals surface area contributed by atoms with Gasteiger partial charge in [-0.15, -0.1) is 0 Å². The smallest absolute Gasteiger partial charge is 0.412 e. The van der Waals surface area contributed by atoms with E-state index in [-0.39, 0.29) is 11.3 Å². The predicted molar refractivity (Wildman–Crippen MR) is 112 cm³/mol. The fraction of sp³-hybridized carbons (Fsp3) is 0.217. The second-order valence-electron chi connectivity index (χ2n) is 7.47. The number of amides is 1. The molecule has 0 radical (unpaired) electrons. The first kappa shape index (κ1) is 21.9. The first-order chi connectivity index (χ1) is 13.5. The number of ether oxygens (including phenoxy) is 1. The van der Waals surface area contributed by atoms with E-state index in [9.17, 15) is 19.1 Å². The Labute approximate surface area is 169 Å². The van der Waals surface area contributed by atoms with Crippen LogP contribution in [-0.2, 0) is 4.74 Å². The number of nitrogens with one attached hydrogen (secondary N) is 1. The average Bonchev–Trinajstić information content (AvgIpc) is 2.64. The Hall–Kier alpha value is -3.41. The summed E-state index contributed by atoms with van der Waals surface area (Å²) >= 11 is 0. The van der Waals surface area contributed by atoms with Gasteiger partial charge in [0.15, 0.2) is 0 Å². The number of aromatic carboxylic acids is 1. The molecule has 0 heterocycles. The van der Waals surface area contributed by atoms with Crippen LogP contribution < -0.4 is 5.32 Å². The van der Waals surface area contributed by atoms with E-state index in [4.69, 9.17) is 4.74 Å². The van der Waals surface area contributed by atoms with Crippen LogP contribution in [0.1, 0.15) is 43.6 Å². The molecule has 2 aromatic carbocycles. The van der Waals surface area contributed by atoms with E-state index in [0.717, 1.165) is 22.4 Å². The van der Waals surface area contributed by atoms with Gasteiger partial charge in [0.2, 0.25) is 0 Å². The van der Waals surface area contributed by atoms with Crippen LogP contribution in [-0.4, -0.2) is 22.8 Å². The minimum Gasteiger partial charge on any atom is -0.478 e. The van der Waals surface area contributed by atoms with Crippen molar-refractivity contribution in [3.63, 3.8) is 0 Å². The summed E-state index contributed by atoms with van der Waals surface area (Å²) in [5, 5.41) is 13.1. The van der Waals surface area contributed by atoms with Crippen molar-refractivity contribution in [1.82, 2.24) is 5.32 Å². The van der Waals surface area contributed by atoms with Crippen molar-refractivity contribution in [3.8, 4) is 0 Å². The SMILES string of the molecule is C=C/C(F)=C(\C=C(/C)c1cccc2cc(C(=O)O)ccc12)NC(=O)OC(C)(C)C. The monoisotopic (exact) mass is 397 g/mol. The largest absolute Gasteiger partial charge is 0.478 e. The molecular weight excluding hydrogens is 373 g/mol. The van der Waals surface area contributed by atoms with Gasteiger partial charge < -0.3 is 9.84 Å². The Morgan fingerprint density at radius 3 is 2.48 bits per heavy atom. The first-order valence-corrected chi connectivity index (χ1v) is 8.99. The Bertz CT molecular complexity index is 1030. The quantitative estimate of drug-likeness (QED) is 0.622. The van der Waals surface area contributed by atoms with Crippen LogP contribution >= 0.6 is 0 Å². The van der Waals surface area contributed by atoms with E-state index in [0.29, 0.717) is 5.57 Å². The van der Waals surface area contributed by atoms with Crippen molar-refractivity contribution in [2.75, 3.05) is 0 Å². The third kappa shape index (κ3) is 5.78. The summed E-state index contributed by atoms with van der Waals surface area (Å²) in [7, 11) is 0. The van der Waals surface area contributed by atoms with Crippen LogP contribution in [0.2, 0.25) is 0 Å². The van der Waals surface area contributed by atoms with Crippen molar-refractivity contribution < 1.29 is 23.8 Å². The maximum atomic E-state index is 14.3. The third-order valence-corrected chi connectivity index (χ3v) is 3.99. The Morgan fingerprint density at radius 1 is 1.21 bits per heavy atom. The highest BCUT2D eigenvalue weighted by Gasteiger charge is 2.18. The van der Waals surface area contributed by atoms with Crippen LogP contribution in [0.25, 0.3) is 16.3 Å². The Balaban J connectivity index is 2.46. The standard InChI is InChI=1S/C23H24FNO4/c1-6-19(24)20(25-22(28)29-23(3,4)5)12-14(2)17-9-7-8-15-13-16(21(26)27)10-11-18(15)17/h6-13H,1H2,2-5H3,(H,25,28)(H,26,27)/b14-12+,20-19-. The minimum atomic E-state index is -1.01. The molecule has 0 aliphatic heterocycles. The lowest BCUT2D eigenvalue weighted by molar-refractivity contribution is 0.0546. The molecule has 2 aromatic rings. The predicted octanol–water partition coefficient (Wildman–Crippen LogP) is 5.83. The van der Waals surface area contributed by atoms with Crippen LogP contribution in [0.5, 0.6) is 0 Å². The van der Waals surface area contributed by atoms with Crippen molar-refractivity contribution in [1.29, 1.82) is 0 Å². The molecule has 0 fully saturated rings. The fourth-order valence-electron chi connectivity index (χ4n) is 2.74. The van der Waals surface area contributed by atoms with Crippen LogP contribution in [0.4, 0.5) is 9.18 Å². The highest BCUT2D eigenvalue weighted by molar-refractivity contribution is 5.99. The van der Waals surface area contributed by atoms with Gasteiger partial charge in [0, 0.05) is 0 Å². The maximum Gasteiger partial charge on any atom is 0.412 e. The van der Waals surface area contributed by atoms with Gasteiger partial charge in [-0.2, -0.15) is 0 Å². The Morgan fingerprint density at radius 2 is 1.90 bits per heavy atom. The fourth-order valence-corrected chi connectivity index (χ4v) is 2.74. The van der Waals surface area contributed by atoms with Gasteiger partial charge in [0.05, 0.1) is 11.3 Å². The summed E-state index contributed by atoms with van der Waals surface area (Å²) in [6.45, 7) is 10.3.